The van der Waals surface area contributed by atoms with Crippen LogP contribution in [0.5, 0.6) is 0 Å². The van der Waals surface area contributed by atoms with Gasteiger partial charge < -0.3 is 5.32 Å². The molecule has 0 aromatic carbocycles. The molecule has 1 aliphatic carbocycles. The van der Waals surface area contributed by atoms with Crippen LogP contribution in [0, 0.1) is 11.8 Å². The Morgan fingerprint density at radius 2 is 2.17 bits per heavy atom. The zero-order valence-electron chi connectivity index (χ0n) is 10.5. The zero-order chi connectivity index (χ0) is 12.8. The van der Waals surface area contributed by atoms with Crippen LogP contribution in [0.3, 0.4) is 0 Å². The van der Waals surface area contributed by atoms with E-state index in [9.17, 15) is 4.79 Å². The minimum atomic E-state index is 0.163. The average molecular weight is 330 g/mol. The van der Waals surface area contributed by atoms with Gasteiger partial charge in [0, 0.05) is 16.8 Å². The SMILES string of the molecule is O=C(Cc1cccs1)NCC1CCCCC1CBr. The Balaban J connectivity index is 1.74. The summed E-state index contributed by atoms with van der Waals surface area (Å²) in [7, 11) is 0. The molecule has 0 saturated heterocycles. The molecule has 2 rings (SSSR count). The van der Waals surface area contributed by atoms with Gasteiger partial charge in [0.25, 0.3) is 0 Å². The third-order valence-electron chi connectivity index (χ3n) is 3.74. The molecule has 1 saturated carbocycles. The van der Waals surface area contributed by atoms with Crippen LogP contribution < -0.4 is 5.32 Å². The Morgan fingerprint density at radius 1 is 1.39 bits per heavy atom. The molecule has 2 atom stereocenters. The highest BCUT2D eigenvalue weighted by Gasteiger charge is 2.24. The van der Waals surface area contributed by atoms with Gasteiger partial charge in [0.2, 0.25) is 5.91 Å². The topological polar surface area (TPSA) is 29.1 Å². The average Bonchev–Trinajstić information content (AvgIpc) is 2.89. The van der Waals surface area contributed by atoms with Gasteiger partial charge in [-0.05, 0) is 36.1 Å². The third-order valence-corrected chi connectivity index (χ3v) is 5.45. The van der Waals surface area contributed by atoms with Crippen molar-refractivity contribution in [3.63, 3.8) is 0 Å². The summed E-state index contributed by atoms with van der Waals surface area (Å²) < 4.78 is 0. The molecular formula is C14H20BrNOS. The summed E-state index contributed by atoms with van der Waals surface area (Å²) in [6, 6.07) is 4.02. The van der Waals surface area contributed by atoms with Gasteiger partial charge in [0.15, 0.2) is 0 Å². The van der Waals surface area contributed by atoms with Crippen molar-refractivity contribution in [3.8, 4) is 0 Å². The lowest BCUT2D eigenvalue weighted by Gasteiger charge is -2.30. The number of hydrogen-bond donors (Lipinski definition) is 1. The third kappa shape index (κ3) is 4.09. The molecule has 4 heteroatoms. The van der Waals surface area contributed by atoms with Crippen molar-refractivity contribution in [2.24, 2.45) is 11.8 Å². The summed E-state index contributed by atoms with van der Waals surface area (Å²) in [5, 5.41) is 6.19. The van der Waals surface area contributed by atoms with Crippen molar-refractivity contribution in [2.75, 3.05) is 11.9 Å². The standard InChI is InChI=1S/C14H20BrNOS/c15-9-11-4-1-2-5-12(11)10-16-14(17)8-13-6-3-7-18-13/h3,6-7,11-12H,1-2,4-5,8-10H2,(H,16,17). The fourth-order valence-corrected chi connectivity index (χ4v) is 4.19. The zero-order valence-corrected chi connectivity index (χ0v) is 12.9. The predicted molar refractivity (Wildman–Crippen MR) is 80.3 cm³/mol. The number of carbonyl (C=O) groups is 1. The number of hydrogen-bond acceptors (Lipinski definition) is 2. The molecule has 1 heterocycles. The van der Waals surface area contributed by atoms with Crippen LogP contribution in [0.25, 0.3) is 0 Å². The van der Waals surface area contributed by atoms with E-state index in [1.165, 1.54) is 25.7 Å². The van der Waals surface area contributed by atoms with Crippen molar-refractivity contribution in [1.82, 2.24) is 5.32 Å². The fourth-order valence-electron chi connectivity index (χ4n) is 2.64. The van der Waals surface area contributed by atoms with Crippen LogP contribution in [-0.4, -0.2) is 17.8 Å². The summed E-state index contributed by atoms with van der Waals surface area (Å²) in [6.45, 7) is 0.848. The van der Waals surface area contributed by atoms with E-state index in [1.807, 2.05) is 17.5 Å². The van der Waals surface area contributed by atoms with Gasteiger partial charge in [-0.2, -0.15) is 0 Å². The quantitative estimate of drug-likeness (QED) is 0.821. The first-order chi connectivity index (χ1) is 8.79. The molecule has 1 fully saturated rings. The highest BCUT2D eigenvalue weighted by Crippen LogP contribution is 2.30. The van der Waals surface area contributed by atoms with Crippen LogP contribution in [0.2, 0.25) is 0 Å². The van der Waals surface area contributed by atoms with Gasteiger partial charge in [-0.15, -0.1) is 11.3 Å². The Morgan fingerprint density at radius 3 is 2.83 bits per heavy atom. The molecule has 1 aromatic heterocycles. The molecule has 2 nitrogen and oxygen atoms in total. The lowest BCUT2D eigenvalue weighted by Crippen LogP contribution is -2.35. The minimum absolute atomic E-state index is 0.163. The van der Waals surface area contributed by atoms with E-state index in [1.54, 1.807) is 11.3 Å². The second kappa shape index (κ2) is 7.29. The Labute approximate surface area is 121 Å². The van der Waals surface area contributed by atoms with Gasteiger partial charge in [-0.25, -0.2) is 0 Å². The molecule has 18 heavy (non-hydrogen) atoms. The monoisotopic (exact) mass is 329 g/mol. The van der Waals surface area contributed by atoms with E-state index in [0.29, 0.717) is 12.3 Å². The van der Waals surface area contributed by atoms with Crippen molar-refractivity contribution in [3.05, 3.63) is 22.4 Å². The molecule has 0 bridgehead atoms. The van der Waals surface area contributed by atoms with Gasteiger partial charge in [0.1, 0.15) is 0 Å². The number of nitrogens with one attached hydrogen (secondary N) is 1. The van der Waals surface area contributed by atoms with Crippen LogP contribution in [0.4, 0.5) is 0 Å². The van der Waals surface area contributed by atoms with E-state index >= 15 is 0 Å². The van der Waals surface area contributed by atoms with Gasteiger partial charge in [-0.3, -0.25) is 4.79 Å². The highest BCUT2D eigenvalue weighted by molar-refractivity contribution is 9.09. The van der Waals surface area contributed by atoms with Crippen molar-refractivity contribution in [2.45, 2.75) is 32.1 Å². The van der Waals surface area contributed by atoms with E-state index in [4.69, 9.17) is 0 Å². The number of halogens is 1. The normalized spacial score (nSPS) is 23.8. The summed E-state index contributed by atoms with van der Waals surface area (Å²) >= 11 is 5.25. The summed E-state index contributed by atoms with van der Waals surface area (Å²) in [4.78, 5) is 13.0. The van der Waals surface area contributed by atoms with Crippen LogP contribution in [0.1, 0.15) is 30.6 Å². The van der Waals surface area contributed by atoms with Crippen LogP contribution >= 0.6 is 27.3 Å². The second-order valence-electron chi connectivity index (χ2n) is 5.02. The Bertz CT molecular complexity index is 366. The van der Waals surface area contributed by atoms with Gasteiger partial charge in [-0.1, -0.05) is 34.8 Å². The molecule has 0 radical (unpaired) electrons. The van der Waals surface area contributed by atoms with Gasteiger partial charge >= 0.3 is 0 Å². The van der Waals surface area contributed by atoms with Crippen LogP contribution in [-0.2, 0) is 11.2 Å². The highest BCUT2D eigenvalue weighted by atomic mass is 79.9. The van der Waals surface area contributed by atoms with E-state index < -0.39 is 0 Å². The predicted octanol–water partition coefficient (Wildman–Crippen LogP) is 3.61. The maximum atomic E-state index is 11.8. The summed E-state index contributed by atoms with van der Waals surface area (Å²) in [5.41, 5.74) is 0. The number of rotatable bonds is 5. The first-order valence-corrected chi connectivity index (χ1v) is 8.64. The van der Waals surface area contributed by atoms with Crippen LogP contribution in [0.15, 0.2) is 17.5 Å². The molecule has 1 amide bonds. The van der Waals surface area contributed by atoms with E-state index in [0.717, 1.165) is 22.7 Å². The molecule has 0 spiro atoms. The van der Waals surface area contributed by atoms with Crippen molar-refractivity contribution < 1.29 is 4.79 Å². The molecule has 2 unspecified atom stereocenters. The second-order valence-corrected chi connectivity index (χ2v) is 6.70. The lowest BCUT2D eigenvalue weighted by molar-refractivity contribution is -0.120. The molecular weight excluding hydrogens is 310 g/mol. The largest absolute Gasteiger partial charge is 0.356 e. The van der Waals surface area contributed by atoms with Gasteiger partial charge in [0.05, 0.1) is 6.42 Å². The minimum Gasteiger partial charge on any atom is -0.356 e. The summed E-state index contributed by atoms with van der Waals surface area (Å²) in [6.07, 6.45) is 5.75. The maximum absolute atomic E-state index is 11.8. The number of thiophene rings is 1. The first-order valence-electron chi connectivity index (χ1n) is 6.64. The Kier molecular flexibility index (Phi) is 5.70. The Hall–Kier alpha value is -0.350. The first kappa shape index (κ1) is 14.1. The fraction of sp³-hybridized carbons (Fsp3) is 0.643. The number of alkyl halides is 1. The number of amides is 1. The van der Waals surface area contributed by atoms with E-state index in [2.05, 4.69) is 21.2 Å². The lowest BCUT2D eigenvalue weighted by atomic mass is 9.80. The molecule has 1 aromatic rings. The molecule has 1 aliphatic rings. The van der Waals surface area contributed by atoms with Crippen molar-refractivity contribution >= 4 is 33.2 Å². The molecule has 1 N–H and O–H groups in total. The number of carbonyl (C=O) groups excluding carboxylic acids is 1. The maximum Gasteiger partial charge on any atom is 0.225 e. The smallest absolute Gasteiger partial charge is 0.225 e. The molecule has 0 aliphatic heterocycles. The molecule has 100 valence electrons. The van der Waals surface area contributed by atoms with E-state index in [-0.39, 0.29) is 5.91 Å². The van der Waals surface area contributed by atoms with Crippen molar-refractivity contribution in [1.29, 1.82) is 0 Å². The summed E-state index contributed by atoms with van der Waals surface area (Å²) in [5.74, 6) is 1.56.